The number of carboxylic acid groups (broad SMARTS) is 1. The summed E-state index contributed by atoms with van der Waals surface area (Å²) < 4.78 is 5.62. The summed E-state index contributed by atoms with van der Waals surface area (Å²) in [5.41, 5.74) is -0.128. The van der Waals surface area contributed by atoms with Crippen LogP contribution in [-0.2, 0) is 4.79 Å². The third-order valence-electron chi connectivity index (χ3n) is 1.99. The van der Waals surface area contributed by atoms with Gasteiger partial charge in [-0.25, -0.2) is 0 Å². The van der Waals surface area contributed by atoms with E-state index in [1.54, 1.807) is 0 Å². The number of rotatable bonds is 4. The molecule has 0 aromatic heterocycles. The SMILES string of the molecule is O=C([O-])CC1=NCC(Oc2ccccc2)S1.[Na+]. The summed E-state index contributed by atoms with van der Waals surface area (Å²) in [5.74, 6) is -0.337. The number of aliphatic carboxylic acids is 1. The van der Waals surface area contributed by atoms with Crippen molar-refractivity contribution in [2.24, 2.45) is 4.99 Å². The van der Waals surface area contributed by atoms with E-state index in [-0.39, 0.29) is 41.4 Å². The zero-order chi connectivity index (χ0) is 11.4. The molecule has 1 heterocycles. The van der Waals surface area contributed by atoms with E-state index in [0.717, 1.165) is 5.75 Å². The molecule has 0 saturated heterocycles. The van der Waals surface area contributed by atoms with Gasteiger partial charge in [0.1, 0.15) is 5.75 Å². The number of benzene rings is 1. The largest absolute Gasteiger partial charge is 1.00 e. The standard InChI is InChI=1S/C11H11NO3S.Na/c13-10(14)6-9-12-7-11(16-9)15-8-4-2-1-3-5-8;/h1-5,11H,6-7H2,(H,13,14);/q;+1/p-1. The van der Waals surface area contributed by atoms with E-state index < -0.39 is 5.97 Å². The number of carbonyl (C=O) groups excluding carboxylic acids is 1. The van der Waals surface area contributed by atoms with Gasteiger partial charge in [-0.3, -0.25) is 4.99 Å². The Balaban J connectivity index is 0.00000144. The summed E-state index contributed by atoms with van der Waals surface area (Å²) in [6.45, 7) is 0.488. The molecule has 0 saturated carbocycles. The number of carboxylic acids is 1. The van der Waals surface area contributed by atoms with Crippen LogP contribution in [0.15, 0.2) is 35.3 Å². The second kappa shape index (κ2) is 7.06. The number of para-hydroxylation sites is 1. The summed E-state index contributed by atoms with van der Waals surface area (Å²) in [4.78, 5) is 14.5. The van der Waals surface area contributed by atoms with Crippen LogP contribution in [0.3, 0.4) is 0 Å². The van der Waals surface area contributed by atoms with E-state index in [4.69, 9.17) is 4.74 Å². The van der Waals surface area contributed by atoms with Gasteiger partial charge in [-0.05, 0) is 12.1 Å². The molecule has 1 aliphatic rings. The zero-order valence-electron chi connectivity index (χ0n) is 9.46. The molecule has 0 amide bonds. The fourth-order valence-electron chi connectivity index (χ4n) is 1.34. The minimum absolute atomic E-state index is 0. The molecule has 6 heteroatoms. The Morgan fingerprint density at radius 2 is 2.18 bits per heavy atom. The number of thioether (sulfide) groups is 1. The minimum atomic E-state index is -1.10. The van der Waals surface area contributed by atoms with Crippen molar-refractivity contribution in [3.05, 3.63) is 30.3 Å². The molecule has 0 N–H and O–H groups in total. The van der Waals surface area contributed by atoms with Gasteiger partial charge in [0.2, 0.25) is 0 Å². The topological polar surface area (TPSA) is 61.7 Å². The predicted molar refractivity (Wildman–Crippen MR) is 60.4 cm³/mol. The molecule has 2 rings (SSSR count). The molecule has 0 fully saturated rings. The summed E-state index contributed by atoms with van der Waals surface area (Å²) >= 11 is 1.34. The first kappa shape index (κ1) is 14.6. The number of ether oxygens (including phenoxy) is 1. The third kappa shape index (κ3) is 4.71. The molecule has 0 bridgehead atoms. The average molecular weight is 259 g/mol. The normalized spacial score (nSPS) is 18.1. The van der Waals surface area contributed by atoms with Crippen LogP contribution in [0.5, 0.6) is 5.75 Å². The monoisotopic (exact) mass is 259 g/mol. The van der Waals surface area contributed by atoms with Crippen LogP contribution in [0.4, 0.5) is 0 Å². The van der Waals surface area contributed by atoms with Crippen molar-refractivity contribution in [1.29, 1.82) is 0 Å². The van der Waals surface area contributed by atoms with Gasteiger partial charge in [0, 0.05) is 12.4 Å². The third-order valence-corrected chi connectivity index (χ3v) is 3.04. The molecule has 0 aliphatic carbocycles. The van der Waals surface area contributed by atoms with Gasteiger partial charge in [0.25, 0.3) is 0 Å². The van der Waals surface area contributed by atoms with Crippen LogP contribution in [0.25, 0.3) is 0 Å². The van der Waals surface area contributed by atoms with E-state index in [1.165, 1.54) is 11.8 Å². The van der Waals surface area contributed by atoms with Gasteiger partial charge in [0.15, 0.2) is 5.44 Å². The van der Waals surface area contributed by atoms with Crippen LogP contribution >= 0.6 is 11.8 Å². The van der Waals surface area contributed by atoms with Crippen molar-refractivity contribution in [3.8, 4) is 5.75 Å². The van der Waals surface area contributed by atoms with E-state index in [9.17, 15) is 9.90 Å². The van der Waals surface area contributed by atoms with Crippen molar-refractivity contribution in [2.45, 2.75) is 11.9 Å². The molecule has 1 aliphatic heterocycles. The van der Waals surface area contributed by atoms with Crippen molar-refractivity contribution in [3.63, 3.8) is 0 Å². The molecule has 1 atom stereocenters. The number of aliphatic imine (C=N–C) groups is 1. The number of carbonyl (C=O) groups is 1. The summed E-state index contributed by atoms with van der Waals surface area (Å²) in [7, 11) is 0. The van der Waals surface area contributed by atoms with Crippen LogP contribution in [0.2, 0.25) is 0 Å². The van der Waals surface area contributed by atoms with Crippen LogP contribution in [0, 0.1) is 0 Å². The summed E-state index contributed by atoms with van der Waals surface area (Å²) in [5, 5.41) is 10.9. The molecule has 17 heavy (non-hydrogen) atoms. The summed E-state index contributed by atoms with van der Waals surface area (Å²) in [6.07, 6.45) is -0.126. The van der Waals surface area contributed by atoms with Gasteiger partial charge in [-0.2, -0.15) is 0 Å². The van der Waals surface area contributed by atoms with Crippen LogP contribution in [-0.4, -0.2) is 23.0 Å². The number of hydrogen-bond acceptors (Lipinski definition) is 5. The summed E-state index contributed by atoms with van der Waals surface area (Å²) in [6, 6.07) is 9.40. The van der Waals surface area contributed by atoms with Crippen molar-refractivity contribution >= 4 is 22.8 Å². The van der Waals surface area contributed by atoms with Crippen molar-refractivity contribution in [1.82, 2.24) is 0 Å². The van der Waals surface area contributed by atoms with E-state index in [1.807, 2.05) is 30.3 Å². The molecule has 1 unspecified atom stereocenters. The maximum absolute atomic E-state index is 10.4. The first-order chi connectivity index (χ1) is 7.74. The molecule has 84 valence electrons. The van der Waals surface area contributed by atoms with Crippen LogP contribution < -0.4 is 39.4 Å². The Bertz CT molecular complexity index is 410. The minimum Gasteiger partial charge on any atom is -0.550 e. The smallest absolute Gasteiger partial charge is 0.550 e. The Kier molecular flexibility index (Phi) is 6.05. The first-order valence-electron chi connectivity index (χ1n) is 4.85. The van der Waals surface area contributed by atoms with Gasteiger partial charge in [0.05, 0.1) is 11.6 Å². The Labute approximate surface area is 126 Å². The second-order valence-corrected chi connectivity index (χ2v) is 4.49. The van der Waals surface area contributed by atoms with E-state index in [0.29, 0.717) is 11.6 Å². The fraction of sp³-hybridized carbons (Fsp3) is 0.273. The van der Waals surface area contributed by atoms with Gasteiger partial charge < -0.3 is 14.6 Å². The second-order valence-electron chi connectivity index (χ2n) is 3.26. The Morgan fingerprint density at radius 1 is 1.47 bits per heavy atom. The predicted octanol–water partition coefficient (Wildman–Crippen LogP) is -2.32. The molecular weight excluding hydrogens is 249 g/mol. The molecule has 4 nitrogen and oxygen atoms in total. The van der Waals surface area contributed by atoms with Crippen molar-refractivity contribution < 1.29 is 44.2 Å². The van der Waals surface area contributed by atoms with Crippen molar-refractivity contribution in [2.75, 3.05) is 6.54 Å². The fourth-order valence-corrected chi connectivity index (χ4v) is 2.30. The quantitative estimate of drug-likeness (QED) is 0.570. The molecular formula is C11H10NNaO3S. The zero-order valence-corrected chi connectivity index (χ0v) is 12.3. The van der Waals surface area contributed by atoms with Gasteiger partial charge >= 0.3 is 29.6 Å². The molecule has 0 radical (unpaired) electrons. The van der Waals surface area contributed by atoms with E-state index in [2.05, 4.69) is 4.99 Å². The average Bonchev–Trinajstić information content (AvgIpc) is 2.66. The maximum Gasteiger partial charge on any atom is 1.00 e. The Morgan fingerprint density at radius 3 is 2.82 bits per heavy atom. The maximum atomic E-state index is 10.4. The Hall–Kier alpha value is -0.490. The van der Waals surface area contributed by atoms with Gasteiger partial charge in [-0.15, -0.1) is 0 Å². The first-order valence-corrected chi connectivity index (χ1v) is 5.73. The molecule has 1 aromatic rings. The number of nitrogens with zero attached hydrogens (tertiary/aromatic N) is 1. The number of hydrogen-bond donors (Lipinski definition) is 0. The van der Waals surface area contributed by atoms with E-state index >= 15 is 0 Å². The van der Waals surface area contributed by atoms with Crippen LogP contribution in [0.1, 0.15) is 6.42 Å². The molecule has 1 aromatic carbocycles. The molecule has 0 spiro atoms. The van der Waals surface area contributed by atoms with Gasteiger partial charge in [-0.1, -0.05) is 30.0 Å².